The fourth-order valence-electron chi connectivity index (χ4n) is 0. The largest absolute Gasteiger partial charge is 0.481 e. The molecule has 11 N–H and O–H groups in total. The van der Waals surface area contributed by atoms with Gasteiger partial charge < -0.3 is 32.5 Å². The standard InChI is InChI=1S/C2H4O2.5H2O.Y/c1-2(3)4;;;;;;/h1H3,(H,3,4);5*1H2;. The third kappa shape index (κ3) is 3260. The molecule has 0 unspecified atom stereocenters. The van der Waals surface area contributed by atoms with E-state index in [-0.39, 0.29) is 60.1 Å². The zero-order valence-corrected chi connectivity index (χ0v) is 8.27. The molecule has 0 heterocycles. The molecule has 67 valence electrons. The summed E-state index contributed by atoms with van der Waals surface area (Å²) in [5, 5.41) is 7.42. The van der Waals surface area contributed by atoms with E-state index in [1.54, 1.807) is 0 Å². The summed E-state index contributed by atoms with van der Waals surface area (Å²) < 4.78 is 0. The van der Waals surface area contributed by atoms with E-state index in [1.807, 2.05) is 0 Å². The van der Waals surface area contributed by atoms with E-state index in [0.717, 1.165) is 6.92 Å². The van der Waals surface area contributed by atoms with Crippen molar-refractivity contribution in [1.29, 1.82) is 0 Å². The first-order chi connectivity index (χ1) is 1.73. The van der Waals surface area contributed by atoms with Crippen LogP contribution in [0.5, 0.6) is 0 Å². The Bertz CT molecular complexity index is 34.6. The molecule has 10 heavy (non-hydrogen) atoms. The predicted molar refractivity (Wildman–Crippen MR) is 31.4 cm³/mol. The molecule has 0 bridgehead atoms. The molecule has 0 fully saturated rings. The third-order valence-corrected chi connectivity index (χ3v) is 0. The Labute approximate surface area is 82.8 Å². The summed E-state index contributed by atoms with van der Waals surface area (Å²) in [6.45, 7) is 1.08. The van der Waals surface area contributed by atoms with Crippen LogP contribution in [-0.4, -0.2) is 38.5 Å². The monoisotopic (exact) mass is 239 g/mol. The summed E-state index contributed by atoms with van der Waals surface area (Å²) in [4.78, 5) is 9.00. The Morgan fingerprint density at radius 3 is 1.00 bits per heavy atom. The van der Waals surface area contributed by atoms with Gasteiger partial charge in [-0.1, -0.05) is 0 Å². The Balaban J connectivity index is -0.00000000300. The van der Waals surface area contributed by atoms with Gasteiger partial charge >= 0.3 is 0 Å². The zero-order valence-electron chi connectivity index (χ0n) is 5.43. The predicted octanol–water partition coefficient (Wildman–Crippen LogP) is -4.04. The van der Waals surface area contributed by atoms with Crippen LogP contribution in [0.4, 0.5) is 0 Å². The maximum Gasteiger partial charge on any atom is 0.300 e. The van der Waals surface area contributed by atoms with Gasteiger partial charge in [0.1, 0.15) is 0 Å². The minimum absolute atomic E-state index is 0. The van der Waals surface area contributed by atoms with Crippen molar-refractivity contribution in [3.05, 3.63) is 0 Å². The quantitative estimate of drug-likeness (QED) is 0.449. The van der Waals surface area contributed by atoms with Gasteiger partial charge in [-0.2, -0.15) is 0 Å². The van der Waals surface area contributed by atoms with Gasteiger partial charge in [-0.15, -0.1) is 0 Å². The molecule has 0 rings (SSSR count). The SMILES string of the molecule is CC(=O)O.O.O.O.O.O.[Y]. The number of carbonyl (C=O) groups is 1. The number of hydrogen-bond donors (Lipinski definition) is 1. The fourth-order valence-corrected chi connectivity index (χ4v) is 0. The second-order valence-electron chi connectivity index (χ2n) is 0.519. The molecule has 7 nitrogen and oxygen atoms in total. The van der Waals surface area contributed by atoms with E-state index < -0.39 is 5.97 Å². The number of aliphatic carboxylic acids is 1. The minimum Gasteiger partial charge on any atom is -0.481 e. The Morgan fingerprint density at radius 2 is 1.00 bits per heavy atom. The molecule has 0 aromatic rings. The van der Waals surface area contributed by atoms with Crippen molar-refractivity contribution in [2.45, 2.75) is 6.92 Å². The van der Waals surface area contributed by atoms with Gasteiger partial charge in [-0.05, 0) is 0 Å². The van der Waals surface area contributed by atoms with E-state index in [0.29, 0.717) is 0 Å². The first-order valence-electron chi connectivity index (χ1n) is 0.928. The smallest absolute Gasteiger partial charge is 0.300 e. The molecule has 8 heteroatoms. The molecule has 0 aromatic carbocycles. The van der Waals surface area contributed by atoms with Crippen molar-refractivity contribution >= 4 is 5.97 Å². The van der Waals surface area contributed by atoms with Crippen molar-refractivity contribution in [3.8, 4) is 0 Å². The van der Waals surface area contributed by atoms with Gasteiger partial charge in [0.25, 0.3) is 5.97 Å². The van der Waals surface area contributed by atoms with Crippen LogP contribution >= 0.6 is 0 Å². The summed E-state index contributed by atoms with van der Waals surface area (Å²) in [5.74, 6) is -0.833. The second-order valence-corrected chi connectivity index (χ2v) is 0.519. The summed E-state index contributed by atoms with van der Waals surface area (Å²) in [5.41, 5.74) is 0. The Kier molecular flexibility index (Phi) is 462. The molecule has 0 atom stereocenters. The van der Waals surface area contributed by atoms with E-state index in [9.17, 15) is 0 Å². The minimum atomic E-state index is -0.833. The third-order valence-electron chi connectivity index (χ3n) is 0. The molecule has 0 aromatic heterocycles. The van der Waals surface area contributed by atoms with Crippen LogP contribution in [-0.2, 0) is 37.5 Å². The average molecular weight is 239 g/mol. The molecule has 0 aliphatic heterocycles. The van der Waals surface area contributed by atoms with E-state index in [4.69, 9.17) is 9.90 Å². The Morgan fingerprint density at radius 1 is 1.00 bits per heavy atom. The van der Waals surface area contributed by atoms with E-state index in [2.05, 4.69) is 0 Å². The Hall–Kier alpha value is 0.374. The number of hydrogen-bond acceptors (Lipinski definition) is 1. The van der Waals surface area contributed by atoms with Gasteiger partial charge in [0, 0.05) is 39.6 Å². The molecule has 0 saturated carbocycles. The molecule has 0 spiro atoms. The normalized spacial score (nSPS) is 2.50. The van der Waals surface area contributed by atoms with Crippen LogP contribution in [0.3, 0.4) is 0 Å². The molecule has 0 saturated heterocycles. The van der Waals surface area contributed by atoms with Crippen LogP contribution in [0, 0.1) is 0 Å². The van der Waals surface area contributed by atoms with Gasteiger partial charge in [0.2, 0.25) is 0 Å². The van der Waals surface area contributed by atoms with E-state index >= 15 is 0 Å². The molecule has 1 radical (unpaired) electrons. The molecule has 0 aliphatic rings. The van der Waals surface area contributed by atoms with E-state index in [1.165, 1.54) is 0 Å². The van der Waals surface area contributed by atoms with Crippen molar-refractivity contribution < 1.29 is 70.0 Å². The topological polar surface area (TPSA) is 195 Å². The summed E-state index contributed by atoms with van der Waals surface area (Å²) >= 11 is 0. The van der Waals surface area contributed by atoms with Crippen molar-refractivity contribution in [3.63, 3.8) is 0 Å². The summed E-state index contributed by atoms with van der Waals surface area (Å²) in [7, 11) is 0. The van der Waals surface area contributed by atoms with Crippen LogP contribution in [0.2, 0.25) is 0 Å². The maximum absolute atomic E-state index is 9.00. The zero-order chi connectivity index (χ0) is 3.58. The van der Waals surface area contributed by atoms with Gasteiger partial charge in [0.15, 0.2) is 0 Å². The first-order valence-corrected chi connectivity index (χ1v) is 0.928. The summed E-state index contributed by atoms with van der Waals surface area (Å²) in [6.07, 6.45) is 0. The maximum atomic E-state index is 9.00. The molecule has 0 amide bonds. The molecule has 0 aliphatic carbocycles. The first kappa shape index (κ1) is 80.1. The molecular weight excluding hydrogens is 225 g/mol. The fraction of sp³-hybridized carbons (Fsp3) is 0.500. The van der Waals surface area contributed by atoms with Crippen LogP contribution in [0.25, 0.3) is 0 Å². The van der Waals surface area contributed by atoms with Crippen LogP contribution in [0.15, 0.2) is 0 Å². The number of carboxylic acids is 1. The van der Waals surface area contributed by atoms with Crippen LogP contribution < -0.4 is 0 Å². The van der Waals surface area contributed by atoms with Gasteiger partial charge in [-0.3, -0.25) is 4.79 Å². The number of carboxylic acid groups (broad SMARTS) is 1. The van der Waals surface area contributed by atoms with Gasteiger partial charge in [-0.25, -0.2) is 0 Å². The van der Waals surface area contributed by atoms with Gasteiger partial charge in [0.05, 0.1) is 0 Å². The second kappa shape index (κ2) is 57.7. The number of rotatable bonds is 0. The van der Waals surface area contributed by atoms with Crippen molar-refractivity contribution in [1.82, 2.24) is 0 Å². The summed E-state index contributed by atoms with van der Waals surface area (Å²) in [6, 6.07) is 0. The van der Waals surface area contributed by atoms with Crippen LogP contribution in [0.1, 0.15) is 6.92 Å². The average Bonchev–Trinajstić information content (AvgIpc) is 0.811. The molecular formula is C2H14O7Y. The van der Waals surface area contributed by atoms with Crippen molar-refractivity contribution in [2.75, 3.05) is 0 Å². The van der Waals surface area contributed by atoms with Crippen molar-refractivity contribution in [2.24, 2.45) is 0 Å².